The summed E-state index contributed by atoms with van der Waals surface area (Å²) in [6.45, 7) is 2.05. The molecule has 100 valence electrons. The summed E-state index contributed by atoms with van der Waals surface area (Å²) in [4.78, 5) is 0. The maximum atomic E-state index is 6.06. The molecule has 0 heterocycles. The molecular weight excluding hydrogens is 279 g/mol. The third kappa shape index (κ3) is 3.71. The van der Waals surface area contributed by atoms with Crippen molar-refractivity contribution in [3.8, 4) is 0 Å². The lowest BCUT2D eigenvalue weighted by Crippen LogP contribution is -2.30. The minimum atomic E-state index is 0.0113. The van der Waals surface area contributed by atoms with Crippen molar-refractivity contribution in [1.82, 2.24) is 5.43 Å². The second kappa shape index (κ2) is 6.40. The number of hydrazine groups is 1. The molecule has 1 atom stereocenters. The summed E-state index contributed by atoms with van der Waals surface area (Å²) in [5.74, 6) is 5.68. The molecule has 2 aromatic carbocycles. The van der Waals surface area contributed by atoms with Gasteiger partial charge in [-0.15, -0.1) is 0 Å². The molecule has 2 rings (SSSR count). The predicted molar refractivity (Wildman–Crippen MR) is 81.4 cm³/mol. The van der Waals surface area contributed by atoms with Crippen LogP contribution in [-0.2, 0) is 6.42 Å². The number of nitrogens with one attached hydrogen (secondary N) is 1. The van der Waals surface area contributed by atoms with E-state index in [2.05, 4.69) is 5.43 Å². The van der Waals surface area contributed by atoms with Gasteiger partial charge in [0.2, 0.25) is 0 Å². The van der Waals surface area contributed by atoms with Crippen LogP contribution in [0, 0.1) is 6.92 Å². The van der Waals surface area contributed by atoms with Gasteiger partial charge in [-0.1, -0.05) is 41.4 Å². The fourth-order valence-electron chi connectivity index (χ4n) is 2.15. The molecule has 3 N–H and O–H groups in total. The SMILES string of the molecule is Cc1ccc(Cl)cc1C(Cc1cccc(Cl)c1)NN. The van der Waals surface area contributed by atoms with E-state index in [1.807, 2.05) is 49.4 Å². The average Bonchev–Trinajstić information content (AvgIpc) is 2.39. The first-order valence-electron chi connectivity index (χ1n) is 6.07. The quantitative estimate of drug-likeness (QED) is 0.659. The fourth-order valence-corrected chi connectivity index (χ4v) is 2.54. The molecule has 0 saturated carbocycles. The van der Waals surface area contributed by atoms with Crippen molar-refractivity contribution in [2.45, 2.75) is 19.4 Å². The Morgan fingerprint density at radius 1 is 1.11 bits per heavy atom. The Bertz CT molecular complexity index is 570. The van der Waals surface area contributed by atoms with Crippen LogP contribution < -0.4 is 11.3 Å². The van der Waals surface area contributed by atoms with Gasteiger partial charge in [0.05, 0.1) is 6.04 Å². The molecular formula is C15H16Cl2N2. The molecule has 19 heavy (non-hydrogen) atoms. The Hall–Kier alpha value is -1.06. The van der Waals surface area contributed by atoms with Crippen molar-refractivity contribution in [3.05, 3.63) is 69.2 Å². The first kappa shape index (κ1) is 14.4. The Morgan fingerprint density at radius 2 is 1.84 bits per heavy atom. The highest BCUT2D eigenvalue weighted by molar-refractivity contribution is 6.30. The Labute approximate surface area is 123 Å². The topological polar surface area (TPSA) is 38.0 Å². The Balaban J connectivity index is 2.27. The van der Waals surface area contributed by atoms with E-state index in [4.69, 9.17) is 29.0 Å². The lowest BCUT2D eigenvalue weighted by molar-refractivity contribution is 0.549. The third-order valence-electron chi connectivity index (χ3n) is 3.15. The molecule has 0 aromatic heterocycles. The normalized spacial score (nSPS) is 12.4. The monoisotopic (exact) mass is 294 g/mol. The van der Waals surface area contributed by atoms with Crippen molar-refractivity contribution in [2.75, 3.05) is 0 Å². The predicted octanol–water partition coefficient (Wildman–Crippen LogP) is 4.05. The Morgan fingerprint density at radius 3 is 2.53 bits per heavy atom. The van der Waals surface area contributed by atoms with Crippen molar-refractivity contribution >= 4 is 23.2 Å². The van der Waals surface area contributed by atoms with E-state index in [1.54, 1.807) is 0 Å². The zero-order chi connectivity index (χ0) is 13.8. The smallest absolute Gasteiger partial charge is 0.0503 e. The minimum absolute atomic E-state index is 0.0113. The van der Waals surface area contributed by atoms with E-state index in [9.17, 15) is 0 Å². The number of aryl methyl sites for hydroxylation is 1. The molecule has 0 spiro atoms. The molecule has 0 fully saturated rings. The summed E-state index contributed by atoms with van der Waals surface area (Å²) in [5.41, 5.74) is 6.25. The molecule has 2 aromatic rings. The third-order valence-corrected chi connectivity index (χ3v) is 3.62. The van der Waals surface area contributed by atoms with Gasteiger partial charge in [0.15, 0.2) is 0 Å². The lowest BCUT2D eigenvalue weighted by Gasteiger charge is -2.19. The van der Waals surface area contributed by atoms with Crippen LogP contribution in [0.25, 0.3) is 0 Å². The van der Waals surface area contributed by atoms with Gasteiger partial charge in [0.1, 0.15) is 0 Å². The highest BCUT2D eigenvalue weighted by Crippen LogP contribution is 2.25. The summed E-state index contributed by atoms with van der Waals surface area (Å²) in [7, 11) is 0. The highest BCUT2D eigenvalue weighted by atomic mass is 35.5. The molecule has 0 radical (unpaired) electrons. The molecule has 1 unspecified atom stereocenters. The van der Waals surface area contributed by atoms with E-state index in [-0.39, 0.29) is 6.04 Å². The van der Waals surface area contributed by atoms with E-state index in [1.165, 1.54) is 0 Å². The van der Waals surface area contributed by atoms with Gasteiger partial charge in [-0.05, 0) is 54.3 Å². The van der Waals surface area contributed by atoms with Crippen LogP contribution >= 0.6 is 23.2 Å². The second-order valence-corrected chi connectivity index (χ2v) is 5.43. The van der Waals surface area contributed by atoms with Crippen LogP contribution in [0.5, 0.6) is 0 Å². The maximum Gasteiger partial charge on any atom is 0.0503 e. The summed E-state index contributed by atoms with van der Waals surface area (Å²) < 4.78 is 0. The number of halogens is 2. The molecule has 4 heteroatoms. The van der Waals surface area contributed by atoms with Crippen molar-refractivity contribution in [3.63, 3.8) is 0 Å². The average molecular weight is 295 g/mol. The molecule has 0 aliphatic carbocycles. The molecule has 0 aliphatic heterocycles. The largest absolute Gasteiger partial charge is 0.271 e. The van der Waals surface area contributed by atoms with Gasteiger partial charge in [0.25, 0.3) is 0 Å². The number of benzene rings is 2. The maximum absolute atomic E-state index is 6.06. The van der Waals surface area contributed by atoms with E-state index >= 15 is 0 Å². The second-order valence-electron chi connectivity index (χ2n) is 4.55. The minimum Gasteiger partial charge on any atom is -0.271 e. The van der Waals surface area contributed by atoms with Crippen molar-refractivity contribution in [2.24, 2.45) is 5.84 Å². The molecule has 0 aliphatic rings. The van der Waals surface area contributed by atoms with E-state index in [0.29, 0.717) is 5.02 Å². The van der Waals surface area contributed by atoms with Gasteiger partial charge in [-0.2, -0.15) is 0 Å². The van der Waals surface area contributed by atoms with Crippen LogP contribution in [0.2, 0.25) is 10.0 Å². The van der Waals surface area contributed by atoms with Crippen molar-refractivity contribution in [1.29, 1.82) is 0 Å². The van der Waals surface area contributed by atoms with E-state index in [0.717, 1.165) is 28.1 Å². The van der Waals surface area contributed by atoms with Gasteiger partial charge in [0, 0.05) is 10.0 Å². The van der Waals surface area contributed by atoms with Gasteiger partial charge < -0.3 is 0 Å². The Kier molecular flexibility index (Phi) is 4.83. The van der Waals surface area contributed by atoms with Gasteiger partial charge in [-0.25, -0.2) is 0 Å². The van der Waals surface area contributed by atoms with E-state index < -0.39 is 0 Å². The summed E-state index contributed by atoms with van der Waals surface area (Å²) >= 11 is 12.1. The molecule has 2 nitrogen and oxygen atoms in total. The molecule has 0 saturated heterocycles. The first-order valence-corrected chi connectivity index (χ1v) is 6.82. The molecule has 0 amide bonds. The van der Waals surface area contributed by atoms with Crippen LogP contribution in [0.3, 0.4) is 0 Å². The number of rotatable bonds is 4. The standard InChI is InChI=1S/C15H16Cl2N2/c1-10-5-6-13(17)9-14(10)15(19-18)8-11-3-2-4-12(16)7-11/h2-7,9,15,19H,8,18H2,1H3. The highest BCUT2D eigenvalue weighted by Gasteiger charge is 2.13. The summed E-state index contributed by atoms with van der Waals surface area (Å²) in [6.07, 6.45) is 0.762. The van der Waals surface area contributed by atoms with Crippen LogP contribution in [0.4, 0.5) is 0 Å². The van der Waals surface area contributed by atoms with Gasteiger partial charge in [-0.3, -0.25) is 11.3 Å². The first-order chi connectivity index (χ1) is 9.10. The summed E-state index contributed by atoms with van der Waals surface area (Å²) in [5, 5.41) is 1.45. The van der Waals surface area contributed by atoms with Crippen LogP contribution in [-0.4, -0.2) is 0 Å². The summed E-state index contributed by atoms with van der Waals surface area (Å²) in [6, 6.07) is 13.6. The zero-order valence-electron chi connectivity index (χ0n) is 10.7. The fraction of sp³-hybridized carbons (Fsp3) is 0.200. The molecule has 0 bridgehead atoms. The van der Waals surface area contributed by atoms with Crippen molar-refractivity contribution < 1.29 is 0 Å². The number of hydrogen-bond donors (Lipinski definition) is 2. The zero-order valence-corrected chi connectivity index (χ0v) is 12.2. The number of nitrogens with two attached hydrogens (primary N) is 1. The van der Waals surface area contributed by atoms with Crippen LogP contribution in [0.1, 0.15) is 22.7 Å². The number of hydrogen-bond acceptors (Lipinski definition) is 2. The van der Waals surface area contributed by atoms with Gasteiger partial charge >= 0.3 is 0 Å². The van der Waals surface area contributed by atoms with Crippen LogP contribution in [0.15, 0.2) is 42.5 Å². The lowest BCUT2D eigenvalue weighted by atomic mass is 9.96.